The Morgan fingerprint density at radius 3 is 2.31 bits per heavy atom. The van der Waals surface area contributed by atoms with Crippen LogP contribution in [0.2, 0.25) is 0 Å². The molecule has 16 heavy (non-hydrogen) atoms. The number of benzene rings is 2. The second kappa shape index (κ2) is 4.49. The van der Waals surface area contributed by atoms with Gasteiger partial charge in [0.2, 0.25) is 0 Å². The zero-order valence-corrected chi connectivity index (χ0v) is 9.74. The molecule has 0 saturated heterocycles. The first kappa shape index (κ1) is 10.9. The molecule has 2 aromatic carbocycles. The number of hydrogen-bond donors (Lipinski definition) is 2. The van der Waals surface area contributed by atoms with Crippen LogP contribution in [0.1, 0.15) is 0 Å². The van der Waals surface area contributed by atoms with Crippen molar-refractivity contribution in [2.24, 2.45) is 0 Å². The summed E-state index contributed by atoms with van der Waals surface area (Å²) >= 11 is 4.34. The van der Waals surface area contributed by atoms with E-state index >= 15 is 0 Å². The van der Waals surface area contributed by atoms with Crippen LogP contribution in [0, 0.1) is 0 Å². The maximum atomic E-state index is 9.79. The predicted octanol–water partition coefficient (Wildman–Crippen LogP) is 3.36. The summed E-state index contributed by atoms with van der Waals surface area (Å²) in [5, 5.41) is 9.79. The molecule has 3 heteroatoms. The normalized spacial score (nSPS) is 10.1. The highest BCUT2D eigenvalue weighted by Crippen LogP contribution is 2.35. The largest absolute Gasteiger partial charge is 0.507 e. The lowest BCUT2D eigenvalue weighted by Crippen LogP contribution is -1.84. The molecule has 0 atom stereocenters. The molecule has 2 nitrogen and oxygen atoms in total. The van der Waals surface area contributed by atoms with Gasteiger partial charge in [-0.1, -0.05) is 18.2 Å². The van der Waals surface area contributed by atoms with Gasteiger partial charge >= 0.3 is 0 Å². The molecule has 82 valence electrons. The molecule has 0 aliphatic rings. The van der Waals surface area contributed by atoms with E-state index in [1.165, 1.54) is 0 Å². The van der Waals surface area contributed by atoms with Crippen molar-refractivity contribution in [3.8, 4) is 22.6 Å². The molecule has 2 rings (SSSR count). The lowest BCUT2D eigenvalue weighted by Gasteiger charge is -2.08. The Labute approximate surface area is 99.9 Å². The van der Waals surface area contributed by atoms with Gasteiger partial charge in [-0.3, -0.25) is 0 Å². The van der Waals surface area contributed by atoms with Crippen LogP contribution in [-0.2, 0) is 0 Å². The Balaban J connectivity index is 2.50. The molecule has 0 spiro atoms. The Hall–Kier alpha value is -1.61. The van der Waals surface area contributed by atoms with Gasteiger partial charge in [-0.05, 0) is 29.8 Å². The summed E-state index contributed by atoms with van der Waals surface area (Å²) in [5.41, 5.74) is 1.66. The first-order chi connectivity index (χ1) is 7.72. The fraction of sp³-hybridized carbons (Fsp3) is 0.0769. The molecule has 0 bridgehead atoms. The fourth-order valence-corrected chi connectivity index (χ4v) is 1.91. The molecule has 0 saturated carbocycles. The quantitative estimate of drug-likeness (QED) is 0.777. The van der Waals surface area contributed by atoms with Crippen molar-refractivity contribution in [3.63, 3.8) is 0 Å². The molecule has 0 fully saturated rings. The van der Waals surface area contributed by atoms with Crippen molar-refractivity contribution in [2.45, 2.75) is 4.90 Å². The molecule has 0 unspecified atom stereocenters. The number of methoxy groups -OCH3 is 1. The summed E-state index contributed by atoms with van der Waals surface area (Å²) in [6, 6.07) is 12.8. The van der Waals surface area contributed by atoms with Crippen molar-refractivity contribution in [2.75, 3.05) is 7.11 Å². The average Bonchev–Trinajstić information content (AvgIpc) is 2.30. The third kappa shape index (κ3) is 1.99. The van der Waals surface area contributed by atoms with Crippen LogP contribution < -0.4 is 4.74 Å². The fourth-order valence-electron chi connectivity index (χ4n) is 1.58. The maximum absolute atomic E-state index is 9.79. The molecule has 0 aliphatic carbocycles. The molecule has 0 heterocycles. The second-order valence-electron chi connectivity index (χ2n) is 3.40. The Kier molecular flexibility index (Phi) is 3.06. The standard InChI is InChI=1S/C13H12O2S/c1-15-10-7-5-9(6-8-10)13-11(14)3-2-4-12(13)16/h2-8,14,16H,1H3. The van der Waals surface area contributed by atoms with Gasteiger partial charge in [0.15, 0.2) is 0 Å². The molecule has 0 amide bonds. The molecule has 1 N–H and O–H groups in total. The van der Waals surface area contributed by atoms with Gasteiger partial charge in [0.05, 0.1) is 7.11 Å². The first-order valence-electron chi connectivity index (χ1n) is 4.87. The van der Waals surface area contributed by atoms with E-state index in [1.54, 1.807) is 19.2 Å². The van der Waals surface area contributed by atoms with Gasteiger partial charge < -0.3 is 9.84 Å². The number of thiol groups is 1. The third-order valence-corrected chi connectivity index (χ3v) is 2.77. The van der Waals surface area contributed by atoms with Crippen LogP contribution in [-0.4, -0.2) is 12.2 Å². The molecule has 2 aromatic rings. The monoisotopic (exact) mass is 232 g/mol. The van der Waals surface area contributed by atoms with Crippen LogP contribution in [0.5, 0.6) is 11.5 Å². The van der Waals surface area contributed by atoms with Crippen LogP contribution in [0.25, 0.3) is 11.1 Å². The minimum atomic E-state index is 0.234. The molecule has 0 aliphatic heterocycles. The van der Waals surface area contributed by atoms with Crippen molar-refractivity contribution in [3.05, 3.63) is 42.5 Å². The van der Waals surface area contributed by atoms with Gasteiger partial charge in [-0.2, -0.15) is 0 Å². The summed E-state index contributed by atoms with van der Waals surface area (Å²) in [7, 11) is 1.62. The summed E-state index contributed by atoms with van der Waals surface area (Å²) in [6.45, 7) is 0. The highest BCUT2D eigenvalue weighted by molar-refractivity contribution is 7.80. The van der Waals surface area contributed by atoms with Crippen LogP contribution in [0.4, 0.5) is 0 Å². The van der Waals surface area contributed by atoms with E-state index in [0.717, 1.165) is 21.8 Å². The van der Waals surface area contributed by atoms with Crippen molar-refractivity contribution in [1.82, 2.24) is 0 Å². The van der Waals surface area contributed by atoms with E-state index in [9.17, 15) is 5.11 Å². The zero-order chi connectivity index (χ0) is 11.5. The van der Waals surface area contributed by atoms with E-state index in [4.69, 9.17) is 4.74 Å². The summed E-state index contributed by atoms with van der Waals surface area (Å²) in [4.78, 5) is 0.755. The van der Waals surface area contributed by atoms with Crippen molar-refractivity contribution >= 4 is 12.6 Å². The number of phenols is 1. The number of aromatic hydroxyl groups is 1. The molecule has 0 radical (unpaired) electrons. The highest BCUT2D eigenvalue weighted by Gasteiger charge is 2.07. The lowest BCUT2D eigenvalue weighted by molar-refractivity contribution is 0.415. The van der Waals surface area contributed by atoms with Crippen molar-refractivity contribution in [1.29, 1.82) is 0 Å². The zero-order valence-electron chi connectivity index (χ0n) is 8.84. The number of rotatable bonds is 2. The Morgan fingerprint density at radius 2 is 1.75 bits per heavy atom. The third-order valence-electron chi connectivity index (χ3n) is 2.40. The minimum Gasteiger partial charge on any atom is -0.507 e. The number of hydrogen-bond acceptors (Lipinski definition) is 3. The minimum absolute atomic E-state index is 0.234. The molecule has 0 aromatic heterocycles. The van der Waals surface area contributed by atoms with Crippen LogP contribution in [0.15, 0.2) is 47.4 Å². The molecular weight excluding hydrogens is 220 g/mol. The van der Waals surface area contributed by atoms with E-state index in [2.05, 4.69) is 12.6 Å². The van der Waals surface area contributed by atoms with Gasteiger partial charge in [-0.15, -0.1) is 12.6 Å². The summed E-state index contributed by atoms with van der Waals surface area (Å²) < 4.78 is 5.08. The van der Waals surface area contributed by atoms with E-state index in [0.29, 0.717) is 0 Å². The number of ether oxygens (including phenoxy) is 1. The maximum Gasteiger partial charge on any atom is 0.124 e. The lowest BCUT2D eigenvalue weighted by atomic mass is 10.0. The smallest absolute Gasteiger partial charge is 0.124 e. The number of phenolic OH excluding ortho intramolecular Hbond substituents is 1. The Bertz CT molecular complexity index is 472. The van der Waals surface area contributed by atoms with Crippen LogP contribution >= 0.6 is 12.6 Å². The van der Waals surface area contributed by atoms with Gasteiger partial charge in [0.1, 0.15) is 11.5 Å². The second-order valence-corrected chi connectivity index (χ2v) is 3.88. The molecular formula is C13H12O2S. The SMILES string of the molecule is COc1ccc(-c2c(O)cccc2S)cc1. The topological polar surface area (TPSA) is 29.5 Å². The van der Waals surface area contributed by atoms with Gasteiger partial charge in [0.25, 0.3) is 0 Å². The average molecular weight is 232 g/mol. The predicted molar refractivity (Wildman–Crippen MR) is 67.3 cm³/mol. The van der Waals surface area contributed by atoms with Crippen molar-refractivity contribution < 1.29 is 9.84 Å². The van der Waals surface area contributed by atoms with E-state index < -0.39 is 0 Å². The Morgan fingerprint density at radius 1 is 1.06 bits per heavy atom. The highest BCUT2D eigenvalue weighted by atomic mass is 32.1. The van der Waals surface area contributed by atoms with Gasteiger partial charge in [-0.25, -0.2) is 0 Å². The van der Waals surface area contributed by atoms with E-state index in [-0.39, 0.29) is 5.75 Å². The summed E-state index contributed by atoms with van der Waals surface area (Å²) in [6.07, 6.45) is 0. The van der Waals surface area contributed by atoms with Gasteiger partial charge in [0, 0.05) is 10.5 Å². The van der Waals surface area contributed by atoms with Crippen LogP contribution in [0.3, 0.4) is 0 Å². The van der Waals surface area contributed by atoms with E-state index in [1.807, 2.05) is 30.3 Å². The first-order valence-corrected chi connectivity index (χ1v) is 5.32. The summed E-state index contributed by atoms with van der Waals surface area (Å²) in [5.74, 6) is 1.03.